The highest BCUT2D eigenvalue weighted by Gasteiger charge is 2.40. The SMILES string of the molecule is CC(C)N=C1NC(=O)C(C)(Cc2ccccc2)N1. The molecular formula is C14H19N3O. The Morgan fingerprint density at radius 3 is 2.56 bits per heavy atom. The van der Waals surface area contributed by atoms with Gasteiger partial charge in [-0.1, -0.05) is 30.3 Å². The number of hydrogen-bond acceptors (Lipinski definition) is 2. The van der Waals surface area contributed by atoms with Gasteiger partial charge >= 0.3 is 0 Å². The van der Waals surface area contributed by atoms with E-state index in [0.29, 0.717) is 12.4 Å². The summed E-state index contributed by atoms with van der Waals surface area (Å²) in [5, 5.41) is 5.98. The summed E-state index contributed by atoms with van der Waals surface area (Å²) in [5.74, 6) is 0.555. The van der Waals surface area contributed by atoms with Gasteiger partial charge in [-0.2, -0.15) is 0 Å². The number of nitrogens with one attached hydrogen (secondary N) is 2. The molecule has 96 valence electrons. The molecule has 4 nitrogen and oxygen atoms in total. The summed E-state index contributed by atoms with van der Waals surface area (Å²) >= 11 is 0. The van der Waals surface area contributed by atoms with Crippen molar-refractivity contribution in [2.45, 2.75) is 38.8 Å². The third-order valence-corrected chi connectivity index (χ3v) is 2.92. The third kappa shape index (κ3) is 2.70. The highest BCUT2D eigenvalue weighted by atomic mass is 16.2. The zero-order valence-electron chi connectivity index (χ0n) is 11.0. The first-order chi connectivity index (χ1) is 8.49. The van der Waals surface area contributed by atoms with E-state index in [1.54, 1.807) is 0 Å². The molecule has 1 aliphatic heterocycles. The Morgan fingerprint density at radius 2 is 1.94 bits per heavy atom. The molecule has 1 unspecified atom stereocenters. The maximum absolute atomic E-state index is 12.0. The number of carbonyl (C=O) groups is 1. The first-order valence-electron chi connectivity index (χ1n) is 6.21. The number of guanidine groups is 1. The number of hydrogen-bond donors (Lipinski definition) is 2. The zero-order chi connectivity index (χ0) is 13.2. The van der Waals surface area contributed by atoms with Crippen LogP contribution in [0.2, 0.25) is 0 Å². The van der Waals surface area contributed by atoms with Crippen LogP contribution in [0.1, 0.15) is 26.3 Å². The van der Waals surface area contributed by atoms with Crippen molar-refractivity contribution in [1.29, 1.82) is 0 Å². The minimum absolute atomic E-state index is 0.0225. The Morgan fingerprint density at radius 1 is 1.28 bits per heavy atom. The molecule has 1 heterocycles. The lowest BCUT2D eigenvalue weighted by molar-refractivity contribution is -0.123. The average molecular weight is 245 g/mol. The Kier molecular flexibility index (Phi) is 3.36. The van der Waals surface area contributed by atoms with E-state index in [1.807, 2.05) is 51.1 Å². The second-order valence-corrected chi connectivity index (χ2v) is 5.15. The molecule has 4 heteroatoms. The standard InChI is InChI=1S/C14H19N3O/c1-10(2)15-13-16-12(18)14(3,17-13)9-11-7-5-4-6-8-11/h4-8,10H,9H2,1-3H3,(H2,15,16,17,18). The Bertz CT molecular complexity index is 467. The van der Waals surface area contributed by atoms with Crippen LogP contribution in [0.3, 0.4) is 0 Å². The number of aliphatic imine (C=N–C) groups is 1. The van der Waals surface area contributed by atoms with Crippen LogP contribution >= 0.6 is 0 Å². The molecular weight excluding hydrogens is 226 g/mol. The van der Waals surface area contributed by atoms with Gasteiger partial charge in [-0.25, -0.2) is 0 Å². The predicted octanol–water partition coefficient (Wildman–Crippen LogP) is 1.47. The van der Waals surface area contributed by atoms with Crippen LogP contribution in [-0.2, 0) is 11.2 Å². The molecule has 18 heavy (non-hydrogen) atoms. The molecule has 2 N–H and O–H groups in total. The maximum Gasteiger partial charge on any atom is 0.252 e. The first kappa shape index (κ1) is 12.6. The molecule has 0 spiro atoms. The highest BCUT2D eigenvalue weighted by Crippen LogP contribution is 2.17. The van der Waals surface area contributed by atoms with Crippen molar-refractivity contribution >= 4 is 11.9 Å². The van der Waals surface area contributed by atoms with Gasteiger partial charge < -0.3 is 5.32 Å². The summed E-state index contributed by atoms with van der Waals surface area (Å²) in [6, 6.07) is 10.1. The molecule has 2 rings (SSSR count). The van der Waals surface area contributed by atoms with E-state index in [9.17, 15) is 4.79 Å². The van der Waals surface area contributed by atoms with E-state index in [0.717, 1.165) is 5.56 Å². The van der Waals surface area contributed by atoms with Crippen molar-refractivity contribution in [1.82, 2.24) is 10.6 Å². The van der Waals surface area contributed by atoms with E-state index >= 15 is 0 Å². The highest BCUT2D eigenvalue weighted by molar-refractivity contribution is 6.08. The summed E-state index contributed by atoms with van der Waals surface area (Å²) in [6.45, 7) is 5.86. The predicted molar refractivity (Wildman–Crippen MR) is 72.4 cm³/mol. The Hall–Kier alpha value is -1.84. The van der Waals surface area contributed by atoms with Crippen LogP contribution in [0.15, 0.2) is 35.3 Å². The number of carbonyl (C=O) groups excluding carboxylic acids is 1. The molecule has 0 aromatic heterocycles. The monoisotopic (exact) mass is 245 g/mol. The molecule has 0 saturated carbocycles. The van der Waals surface area contributed by atoms with Gasteiger partial charge in [0.25, 0.3) is 5.91 Å². The van der Waals surface area contributed by atoms with Crippen LogP contribution in [0, 0.1) is 0 Å². The van der Waals surface area contributed by atoms with Gasteiger partial charge in [0, 0.05) is 12.5 Å². The van der Waals surface area contributed by atoms with Crippen LogP contribution in [0.25, 0.3) is 0 Å². The van der Waals surface area contributed by atoms with Gasteiger partial charge in [0.1, 0.15) is 5.54 Å². The number of rotatable bonds is 3. The van der Waals surface area contributed by atoms with E-state index in [-0.39, 0.29) is 11.9 Å². The third-order valence-electron chi connectivity index (χ3n) is 2.92. The van der Waals surface area contributed by atoms with E-state index in [2.05, 4.69) is 15.6 Å². The minimum atomic E-state index is -0.616. The van der Waals surface area contributed by atoms with Gasteiger partial charge in [0.2, 0.25) is 0 Å². The molecule has 1 aliphatic rings. The second-order valence-electron chi connectivity index (χ2n) is 5.15. The molecule has 1 aromatic rings. The van der Waals surface area contributed by atoms with Crippen LogP contribution in [0.4, 0.5) is 0 Å². The first-order valence-corrected chi connectivity index (χ1v) is 6.21. The molecule has 0 bridgehead atoms. The zero-order valence-corrected chi connectivity index (χ0v) is 11.0. The van der Waals surface area contributed by atoms with Crippen molar-refractivity contribution in [2.24, 2.45) is 4.99 Å². The summed E-state index contributed by atoms with van der Waals surface area (Å²) < 4.78 is 0. The largest absolute Gasteiger partial charge is 0.342 e. The average Bonchev–Trinajstić information content (AvgIpc) is 2.54. The number of nitrogens with zero attached hydrogens (tertiary/aromatic N) is 1. The van der Waals surface area contributed by atoms with Crippen molar-refractivity contribution in [3.05, 3.63) is 35.9 Å². The molecule has 1 saturated heterocycles. The smallest absolute Gasteiger partial charge is 0.252 e. The second kappa shape index (κ2) is 4.80. The van der Waals surface area contributed by atoms with Crippen LogP contribution in [0.5, 0.6) is 0 Å². The van der Waals surface area contributed by atoms with Gasteiger partial charge in [0.05, 0.1) is 0 Å². The quantitative estimate of drug-likeness (QED) is 0.847. The molecule has 0 radical (unpaired) electrons. The van der Waals surface area contributed by atoms with Crippen molar-refractivity contribution in [3.63, 3.8) is 0 Å². The fraction of sp³-hybridized carbons (Fsp3) is 0.429. The lowest BCUT2D eigenvalue weighted by atomic mass is 9.93. The van der Waals surface area contributed by atoms with Crippen molar-refractivity contribution in [2.75, 3.05) is 0 Å². The molecule has 1 amide bonds. The minimum Gasteiger partial charge on any atom is -0.342 e. The number of benzene rings is 1. The topological polar surface area (TPSA) is 53.5 Å². The van der Waals surface area contributed by atoms with Crippen molar-refractivity contribution < 1.29 is 4.79 Å². The van der Waals surface area contributed by atoms with Crippen molar-refractivity contribution in [3.8, 4) is 0 Å². The van der Waals surface area contributed by atoms with Gasteiger partial charge in [-0.05, 0) is 26.3 Å². The summed E-state index contributed by atoms with van der Waals surface area (Å²) in [7, 11) is 0. The van der Waals surface area contributed by atoms with E-state index in [4.69, 9.17) is 0 Å². The Labute approximate surface area is 108 Å². The summed E-state index contributed by atoms with van der Waals surface area (Å²) in [5.41, 5.74) is 0.517. The summed E-state index contributed by atoms with van der Waals surface area (Å²) in [4.78, 5) is 16.4. The van der Waals surface area contributed by atoms with Gasteiger partial charge in [-0.3, -0.25) is 15.1 Å². The Balaban J connectivity index is 2.15. The fourth-order valence-corrected chi connectivity index (χ4v) is 2.05. The lowest BCUT2D eigenvalue weighted by Gasteiger charge is -2.21. The molecule has 1 atom stereocenters. The van der Waals surface area contributed by atoms with E-state index in [1.165, 1.54) is 0 Å². The summed E-state index contributed by atoms with van der Waals surface area (Å²) in [6.07, 6.45) is 0.650. The van der Waals surface area contributed by atoms with Gasteiger partial charge in [-0.15, -0.1) is 0 Å². The molecule has 0 aliphatic carbocycles. The lowest BCUT2D eigenvalue weighted by Crippen LogP contribution is -2.45. The van der Waals surface area contributed by atoms with Crippen LogP contribution in [-0.4, -0.2) is 23.4 Å². The van der Waals surface area contributed by atoms with Gasteiger partial charge in [0.15, 0.2) is 5.96 Å². The van der Waals surface area contributed by atoms with Crippen LogP contribution < -0.4 is 10.6 Å². The molecule has 1 aromatic carbocycles. The molecule has 1 fully saturated rings. The fourth-order valence-electron chi connectivity index (χ4n) is 2.05. The maximum atomic E-state index is 12.0. The normalized spacial score (nSPS) is 25.3. The van der Waals surface area contributed by atoms with E-state index < -0.39 is 5.54 Å². The number of amides is 1.